The van der Waals surface area contributed by atoms with Crippen molar-refractivity contribution in [3.63, 3.8) is 0 Å². The number of aliphatic hydroxyl groups is 8. The molecule has 16 heteroatoms. The number of hydrogen-bond donors (Lipinski definition) is 10. The van der Waals surface area contributed by atoms with E-state index in [2.05, 4.69) is 0 Å². The molecule has 0 spiro atoms. The van der Waals surface area contributed by atoms with Gasteiger partial charge in [-0.05, 0) is 41.0 Å². The van der Waals surface area contributed by atoms with Crippen LogP contribution in [0.25, 0.3) is 0 Å². The predicted molar refractivity (Wildman–Crippen MR) is 157 cm³/mol. The number of phenolic OH excluding ortho intramolecular Hbond substituents is 2. The van der Waals surface area contributed by atoms with E-state index >= 15 is 0 Å². The van der Waals surface area contributed by atoms with Gasteiger partial charge < -0.3 is 79.5 Å². The topological polar surface area (TPSA) is 258 Å². The van der Waals surface area contributed by atoms with E-state index in [-0.39, 0.29) is 29.4 Å². The van der Waals surface area contributed by atoms with Gasteiger partial charge in [0.2, 0.25) is 0 Å². The first-order valence-electron chi connectivity index (χ1n) is 15.0. The molecular weight excluding hydrogens is 628 g/mol. The fraction of sp³-hybridized carbons (Fsp3) is 0.613. The van der Waals surface area contributed by atoms with Crippen molar-refractivity contribution in [2.45, 2.75) is 66.6 Å². The van der Waals surface area contributed by atoms with Crippen LogP contribution < -0.4 is 9.47 Å². The summed E-state index contributed by atoms with van der Waals surface area (Å²) in [6, 6.07) is 7.56. The van der Waals surface area contributed by atoms with E-state index in [0.29, 0.717) is 16.7 Å². The minimum absolute atomic E-state index is 0.110. The number of rotatable bonds is 11. The summed E-state index contributed by atoms with van der Waals surface area (Å²) < 4.78 is 32.7. The molecule has 262 valence electrons. The number of benzene rings is 2. The lowest BCUT2D eigenvalue weighted by Gasteiger charge is -2.47. The maximum atomic E-state index is 12.1. The van der Waals surface area contributed by atoms with Crippen LogP contribution in [0.3, 0.4) is 0 Å². The van der Waals surface area contributed by atoms with E-state index in [1.165, 1.54) is 26.4 Å². The molecular formula is C31H42O16. The van der Waals surface area contributed by atoms with Crippen LogP contribution in [0.5, 0.6) is 23.0 Å². The lowest BCUT2D eigenvalue weighted by molar-refractivity contribution is -0.318. The number of aromatic hydroxyl groups is 2. The summed E-state index contributed by atoms with van der Waals surface area (Å²) in [5.74, 6) is -1.79. The fourth-order valence-electron chi connectivity index (χ4n) is 6.50. The number of aliphatic hydroxyl groups excluding tert-OH is 6. The molecule has 0 unspecified atom stereocenters. The minimum Gasteiger partial charge on any atom is -0.504 e. The van der Waals surface area contributed by atoms with Crippen molar-refractivity contribution in [2.75, 3.05) is 47.3 Å². The SMILES string of the molecule is COc1cc([C@H]2c3cc(O)c(OC)cc3C[C@@](O)(CO[C@H]3O[C@H](CO[C@@H]4OC[C@](O)(CO)[C@H]4O)[C@@H](O)[C@H](O)[C@H]3O)[C@@H]2CO)ccc1O. The maximum Gasteiger partial charge on any atom is 0.186 e. The summed E-state index contributed by atoms with van der Waals surface area (Å²) in [5.41, 5.74) is -2.18. The Morgan fingerprint density at radius 1 is 0.830 bits per heavy atom. The highest BCUT2D eigenvalue weighted by Gasteiger charge is 2.52. The summed E-state index contributed by atoms with van der Waals surface area (Å²) >= 11 is 0. The molecule has 0 saturated carbocycles. The van der Waals surface area contributed by atoms with E-state index in [4.69, 9.17) is 28.4 Å². The second-order valence-corrected chi connectivity index (χ2v) is 12.2. The van der Waals surface area contributed by atoms with Crippen LogP contribution in [0.15, 0.2) is 30.3 Å². The molecule has 10 N–H and O–H groups in total. The van der Waals surface area contributed by atoms with Crippen molar-refractivity contribution in [3.8, 4) is 23.0 Å². The van der Waals surface area contributed by atoms with Crippen molar-refractivity contribution in [2.24, 2.45) is 5.92 Å². The Kier molecular flexibility index (Phi) is 10.5. The molecule has 2 heterocycles. The molecule has 2 aromatic carbocycles. The molecule has 2 saturated heterocycles. The van der Waals surface area contributed by atoms with Gasteiger partial charge >= 0.3 is 0 Å². The van der Waals surface area contributed by atoms with Gasteiger partial charge in [0.05, 0.1) is 46.2 Å². The van der Waals surface area contributed by atoms with Crippen molar-refractivity contribution in [3.05, 3.63) is 47.0 Å². The molecule has 2 aliphatic heterocycles. The van der Waals surface area contributed by atoms with Crippen LogP contribution in [0.2, 0.25) is 0 Å². The van der Waals surface area contributed by atoms with Gasteiger partial charge in [0, 0.05) is 24.9 Å². The summed E-state index contributed by atoms with van der Waals surface area (Å²) in [5, 5.41) is 105. The molecule has 2 aromatic rings. The quantitative estimate of drug-likeness (QED) is 0.118. The van der Waals surface area contributed by atoms with Crippen LogP contribution in [0, 0.1) is 5.92 Å². The smallest absolute Gasteiger partial charge is 0.186 e. The number of ether oxygens (including phenoxy) is 6. The van der Waals surface area contributed by atoms with Crippen molar-refractivity contribution in [1.29, 1.82) is 0 Å². The van der Waals surface area contributed by atoms with Gasteiger partial charge in [-0.25, -0.2) is 0 Å². The lowest BCUT2D eigenvalue weighted by atomic mass is 9.64. The Morgan fingerprint density at radius 2 is 1.53 bits per heavy atom. The average Bonchev–Trinajstić information content (AvgIpc) is 3.35. The van der Waals surface area contributed by atoms with Gasteiger partial charge in [0.1, 0.15) is 36.1 Å². The third kappa shape index (κ3) is 6.61. The molecule has 0 amide bonds. The average molecular weight is 671 g/mol. The molecule has 5 rings (SSSR count). The molecule has 0 radical (unpaired) electrons. The Bertz CT molecular complexity index is 1390. The van der Waals surface area contributed by atoms with Crippen LogP contribution in [0.4, 0.5) is 0 Å². The largest absolute Gasteiger partial charge is 0.504 e. The van der Waals surface area contributed by atoms with Gasteiger partial charge in [0.15, 0.2) is 35.6 Å². The van der Waals surface area contributed by atoms with E-state index in [0.717, 1.165) is 0 Å². The lowest BCUT2D eigenvalue weighted by Crippen LogP contribution is -2.61. The summed E-state index contributed by atoms with van der Waals surface area (Å²) in [4.78, 5) is 0. The predicted octanol–water partition coefficient (Wildman–Crippen LogP) is -2.58. The highest BCUT2D eigenvalue weighted by molar-refractivity contribution is 5.54. The number of hydrogen-bond acceptors (Lipinski definition) is 16. The first-order chi connectivity index (χ1) is 22.3. The summed E-state index contributed by atoms with van der Waals surface area (Å²) in [6.45, 7) is -2.85. The molecule has 16 nitrogen and oxygen atoms in total. The molecule has 0 bridgehead atoms. The van der Waals surface area contributed by atoms with E-state index in [1.807, 2.05) is 0 Å². The Hall–Kier alpha value is -2.84. The Balaban J connectivity index is 1.39. The van der Waals surface area contributed by atoms with Gasteiger partial charge in [-0.1, -0.05) is 6.07 Å². The van der Waals surface area contributed by atoms with E-state index < -0.39 is 99.2 Å². The van der Waals surface area contributed by atoms with Crippen LogP contribution in [0.1, 0.15) is 22.6 Å². The molecule has 3 aliphatic rings. The van der Waals surface area contributed by atoms with E-state index in [1.54, 1.807) is 18.2 Å². The van der Waals surface area contributed by atoms with Crippen molar-refractivity contribution in [1.82, 2.24) is 0 Å². The van der Waals surface area contributed by atoms with Gasteiger partial charge in [0.25, 0.3) is 0 Å². The first kappa shape index (κ1) is 35.5. The van der Waals surface area contributed by atoms with Crippen molar-refractivity contribution >= 4 is 0 Å². The molecule has 47 heavy (non-hydrogen) atoms. The third-order valence-electron chi connectivity index (χ3n) is 9.29. The number of methoxy groups -OCH3 is 2. The normalized spacial score (nSPS) is 37.0. The van der Waals surface area contributed by atoms with Crippen LogP contribution in [-0.2, 0) is 25.4 Å². The standard InChI is InChI=1S/C31H42O16/c1-42-20-5-14(3-4-18(20)34)23-16-7-19(35)21(43-2)6-15(16)8-30(40,17(23)9-32)12-45-28-26(38)25(37)24(36)22(47-28)10-44-29-27(39)31(41,11-33)13-46-29/h3-7,17,22-29,32-41H,8-13H2,1-2H3/t17-,22-,23+,24-,25+,26-,27+,28+,29-,30-,31-/m1/s1. The van der Waals surface area contributed by atoms with Gasteiger partial charge in [-0.3, -0.25) is 0 Å². The maximum absolute atomic E-state index is 12.1. The number of fused-ring (bicyclic) bond motifs is 1. The highest BCUT2D eigenvalue weighted by Crippen LogP contribution is 2.49. The summed E-state index contributed by atoms with van der Waals surface area (Å²) in [6.07, 6.45) is -11.3. The fourth-order valence-corrected chi connectivity index (χ4v) is 6.50. The second kappa shape index (κ2) is 13.9. The Labute approximate surface area is 269 Å². The highest BCUT2D eigenvalue weighted by atomic mass is 16.7. The third-order valence-corrected chi connectivity index (χ3v) is 9.29. The molecule has 11 atom stereocenters. The summed E-state index contributed by atoms with van der Waals surface area (Å²) in [7, 11) is 2.74. The van der Waals surface area contributed by atoms with Gasteiger partial charge in [-0.2, -0.15) is 0 Å². The van der Waals surface area contributed by atoms with E-state index in [9.17, 15) is 51.1 Å². The monoisotopic (exact) mass is 670 g/mol. The van der Waals surface area contributed by atoms with Crippen molar-refractivity contribution < 1.29 is 79.5 Å². The second-order valence-electron chi connectivity index (χ2n) is 12.2. The van der Waals surface area contributed by atoms with Gasteiger partial charge in [-0.15, -0.1) is 0 Å². The molecule has 0 aromatic heterocycles. The molecule has 2 fully saturated rings. The zero-order valence-electron chi connectivity index (χ0n) is 25.7. The van der Waals surface area contributed by atoms with Crippen LogP contribution in [-0.4, -0.2) is 153 Å². The number of phenols is 2. The Morgan fingerprint density at radius 3 is 2.17 bits per heavy atom. The zero-order valence-corrected chi connectivity index (χ0v) is 25.7. The van der Waals surface area contributed by atoms with Crippen LogP contribution >= 0.6 is 0 Å². The minimum atomic E-state index is -1.96. The first-order valence-corrected chi connectivity index (χ1v) is 15.0. The molecule has 1 aliphatic carbocycles. The zero-order chi connectivity index (χ0) is 34.3.